The van der Waals surface area contributed by atoms with Crippen molar-refractivity contribution in [1.29, 1.82) is 0 Å². The van der Waals surface area contributed by atoms with E-state index in [4.69, 9.17) is 16.6 Å². The zero-order valence-electron chi connectivity index (χ0n) is 9.50. The number of nitrogens with two attached hydrogens (primary N) is 2. The highest BCUT2D eigenvalue weighted by atomic mass is 19.1. The molecule has 0 aliphatic carbocycles. The number of benzene rings is 1. The Labute approximate surface area is 106 Å². The van der Waals surface area contributed by atoms with Crippen LogP contribution in [0.15, 0.2) is 24.4 Å². The maximum Gasteiger partial charge on any atom is 0.358 e. The lowest BCUT2D eigenvalue weighted by Gasteiger charge is -2.06. The van der Waals surface area contributed by atoms with Crippen molar-refractivity contribution in [3.63, 3.8) is 0 Å². The smallest absolute Gasteiger partial charge is 0.358 e. The first kappa shape index (κ1) is 12.6. The van der Waals surface area contributed by atoms with Gasteiger partial charge in [0.05, 0.1) is 23.1 Å². The molecule has 0 saturated heterocycles. The number of nitrogens with zero attached hydrogens (tertiary/aromatic N) is 2. The molecule has 7 nitrogen and oxygen atoms in total. The highest BCUT2D eigenvalue weighted by molar-refractivity contribution is 5.97. The number of carbonyl (C=O) groups excluding carboxylic acids is 1. The van der Waals surface area contributed by atoms with Gasteiger partial charge in [-0.3, -0.25) is 4.79 Å². The first-order chi connectivity index (χ1) is 8.90. The van der Waals surface area contributed by atoms with Crippen LogP contribution >= 0.6 is 0 Å². The van der Waals surface area contributed by atoms with Crippen molar-refractivity contribution in [2.75, 3.05) is 5.73 Å². The van der Waals surface area contributed by atoms with Gasteiger partial charge < -0.3 is 16.6 Å². The Kier molecular flexibility index (Phi) is 2.91. The number of carboxylic acids is 1. The van der Waals surface area contributed by atoms with Gasteiger partial charge in [0.15, 0.2) is 5.69 Å². The van der Waals surface area contributed by atoms with E-state index in [1.807, 2.05) is 0 Å². The topological polar surface area (TPSA) is 124 Å². The summed E-state index contributed by atoms with van der Waals surface area (Å²) in [5.41, 5.74) is 10.2. The van der Waals surface area contributed by atoms with Crippen LogP contribution in [0.1, 0.15) is 20.8 Å². The molecule has 0 fully saturated rings. The minimum atomic E-state index is -1.31. The van der Waals surface area contributed by atoms with Gasteiger partial charge in [-0.25, -0.2) is 13.9 Å². The highest BCUT2D eigenvalue weighted by Gasteiger charge is 2.17. The fourth-order valence-electron chi connectivity index (χ4n) is 1.58. The average molecular weight is 264 g/mol. The Balaban J connectivity index is 2.62. The first-order valence-corrected chi connectivity index (χ1v) is 5.08. The number of hydrogen-bond donors (Lipinski definition) is 3. The molecule has 1 aromatic carbocycles. The van der Waals surface area contributed by atoms with Crippen LogP contribution in [0.4, 0.5) is 10.1 Å². The summed E-state index contributed by atoms with van der Waals surface area (Å²) >= 11 is 0. The normalized spacial score (nSPS) is 10.4. The molecule has 0 unspecified atom stereocenters. The Morgan fingerprint density at radius 2 is 2.05 bits per heavy atom. The standard InChI is InChI=1S/C11H9FN4O3/c12-5-1-2-8(6(3-5)10(14)17)16-4-7(13)9(15-16)11(18)19/h1-4H,13H2,(H2,14,17)(H,18,19). The fourth-order valence-corrected chi connectivity index (χ4v) is 1.58. The molecule has 98 valence electrons. The van der Waals surface area contributed by atoms with Gasteiger partial charge in [0.2, 0.25) is 0 Å². The van der Waals surface area contributed by atoms with Crippen molar-refractivity contribution in [3.05, 3.63) is 41.5 Å². The third-order valence-electron chi connectivity index (χ3n) is 2.42. The number of hydrogen-bond acceptors (Lipinski definition) is 4. The predicted octanol–water partition coefficient (Wildman–Crippen LogP) is 0.391. The molecule has 0 aliphatic rings. The largest absolute Gasteiger partial charge is 0.476 e. The zero-order chi connectivity index (χ0) is 14.2. The summed E-state index contributed by atoms with van der Waals surface area (Å²) < 4.78 is 14.1. The van der Waals surface area contributed by atoms with Crippen LogP contribution in [0.25, 0.3) is 5.69 Å². The molecule has 1 heterocycles. The summed E-state index contributed by atoms with van der Waals surface area (Å²) in [4.78, 5) is 22.1. The van der Waals surface area contributed by atoms with Crippen LogP contribution < -0.4 is 11.5 Å². The van der Waals surface area contributed by atoms with Crippen LogP contribution in [0.5, 0.6) is 0 Å². The maximum absolute atomic E-state index is 13.1. The number of halogens is 1. The molecule has 0 atom stereocenters. The lowest BCUT2D eigenvalue weighted by Crippen LogP contribution is -2.15. The molecule has 8 heteroatoms. The first-order valence-electron chi connectivity index (χ1n) is 5.08. The molecule has 0 bridgehead atoms. The van der Waals surface area contributed by atoms with Gasteiger partial charge in [0.25, 0.3) is 5.91 Å². The molecule has 1 aromatic heterocycles. The van der Waals surface area contributed by atoms with E-state index >= 15 is 0 Å². The molecule has 19 heavy (non-hydrogen) atoms. The zero-order valence-corrected chi connectivity index (χ0v) is 9.50. The number of aromatic carboxylic acids is 1. The van der Waals surface area contributed by atoms with E-state index in [-0.39, 0.29) is 22.6 Å². The van der Waals surface area contributed by atoms with Crippen LogP contribution in [0, 0.1) is 5.82 Å². The SMILES string of the molecule is NC(=O)c1cc(F)ccc1-n1cc(N)c(C(=O)O)n1. The summed E-state index contributed by atoms with van der Waals surface area (Å²) in [5, 5.41) is 12.6. The van der Waals surface area contributed by atoms with Gasteiger partial charge in [0.1, 0.15) is 5.82 Å². The highest BCUT2D eigenvalue weighted by Crippen LogP contribution is 2.18. The summed E-state index contributed by atoms with van der Waals surface area (Å²) in [6, 6.07) is 3.30. The van der Waals surface area contributed by atoms with Gasteiger partial charge in [-0.15, -0.1) is 0 Å². The van der Waals surface area contributed by atoms with Crippen molar-refractivity contribution in [3.8, 4) is 5.69 Å². The van der Waals surface area contributed by atoms with Gasteiger partial charge in [-0.05, 0) is 18.2 Å². The maximum atomic E-state index is 13.1. The second-order valence-electron chi connectivity index (χ2n) is 3.71. The molecule has 1 amide bonds. The quantitative estimate of drug-likeness (QED) is 0.739. The number of nitrogen functional groups attached to an aromatic ring is 1. The van der Waals surface area contributed by atoms with Gasteiger partial charge in [0, 0.05) is 0 Å². The number of rotatable bonds is 3. The van der Waals surface area contributed by atoms with Crippen LogP contribution in [0.3, 0.4) is 0 Å². The molecule has 0 radical (unpaired) electrons. The molecule has 5 N–H and O–H groups in total. The Bertz CT molecular complexity index is 681. The number of carbonyl (C=O) groups is 2. The van der Waals surface area contributed by atoms with E-state index in [0.717, 1.165) is 16.8 Å². The summed E-state index contributed by atoms with van der Waals surface area (Å²) in [6.07, 6.45) is 1.21. The summed E-state index contributed by atoms with van der Waals surface area (Å²) in [6.45, 7) is 0. The number of aromatic nitrogens is 2. The molecule has 0 aliphatic heterocycles. The van der Waals surface area contributed by atoms with E-state index in [0.29, 0.717) is 0 Å². The molecular weight excluding hydrogens is 255 g/mol. The monoisotopic (exact) mass is 264 g/mol. The molecular formula is C11H9FN4O3. The Hall–Kier alpha value is -2.90. The van der Waals surface area contributed by atoms with Crippen LogP contribution in [-0.2, 0) is 0 Å². The summed E-state index contributed by atoms with van der Waals surface area (Å²) in [5.74, 6) is -2.81. The number of anilines is 1. The van der Waals surface area contributed by atoms with Crippen molar-refractivity contribution >= 4 is 17.6 Å². The van der Waals surface area contributed by atoms with E-state index in [1.165, 1.54) is 12.3 Å². The van der Waals surface area contributed by atoms with E-state index < -0.39 is 17.7 Å². The van der Waals surface area contributed by atoms with Gasteiger partial charge in [-0.1, -0.05) is 0 Å². The third-order valence-corrected chi connectivity index (χ3v) is 2.42. The second kappa shape index (κ2) is 4.41. The molecule has 0 spiro atoms. The van der Waals surface area contributed by atoms with E-state index in [9.17, 15) is 14.0 Å². The number of amides is 1. The Morgan fingerprint density at radius 1 is 1.37 bits per heavy atom. The molecule has 0 saturated carbocycles. The number of carboxylic acid groups (broad SMARTS) is 1. The second-order valence-corrected chi connectivity index (χ2v) is 3.71. The lowest BCUT2D eigenvalue weighted by atomic mass is 10.1. The minimum absolute atomic E-state index is 0.0766. The van der Waals surface area contributed by atoms with Gasteiger partial charge >= 0.3 is 5.97 Å². The van der Waals surface area contributed by atoms with Gasteiger partial charge in [-0.2, -0.15) is 5.10 Å². The van der Waals surface area contributed by atoms with E-state index in [2.05, 4.69) is 5.10 Å². The average Bonchev–Trinajstić information content (AvgIpc) is 2.71. The minimum Gasteiger partial charge on any atom is -0.476 e. The third kappa shape index (κ3) is 2.23. The molecule has 2 aromatic rings. The van der Waals surface area contributed by atoms with Crippen molar-refractivity contribution < 1.29 is 19.1 Å². The van der Waals surface area contributed by atoms with Crippen molar-refractivity contribution in [1.82, 2.24) is 9.78 Å². The van der Waals surface area contributed by atoms with Crippen LogP contribution in [-0.4, -0.2) is 26.8 Å². The molecule has 2 rings (SSSR count). The van der Waals surface area contributed by atoms with Crippen molar-refractivity contribution in [2.45, 2.75) is 0 Å². The van der Waals surface area contributed by atoms with E-state index in [1.54, 1.807) is 0 Å². The summed E-state index contributed by atoms with van der Waals surface area (Å²) in [7, 11) is 0. The lowest BCUT2D eigenvalue weighted by molar-refractivity contribution is 0.0691. The van der Waals surface area contributed by atoms with Crippen molar-refractivity contribution in [2.24, 2.45) is 5.73 Å². The predicted molar refractivity (Wildman–Crippen MR) is 63.4 cm³/mol. The number of primary amides is 1. The Morgan fingerprint density at radius 3 is 2.58 bits per heavy atom. The fraction of sp³-hybridized carbons (Fsp3) is 0. The van der Waals surface area contributed by atoms with Crippen LogP contribution in [0.2, 0.25) is 0 Å².